The number of aliphatic hydroxyl groups is 1. The number of rotatable bonds is 5. The Morgan fingerprint density at radius 2 is 2.13 bits per heavy atom. The molecular formula is C21H24N6O3S. The first kappa shape index (κ1) is 21.4. The molecule has 1 aliphatic heterocycles. The Morgan fingerprint density at radius 1 is 1.32 bits per heavy atom. The van der Waals surface area contributed by atoms with E-state index in [2.05, 4.69) is 30.8 Å². The largest absolute Gasteiger partial charge is 0.392 e. The van der Waals surface area contributed by atoms with E-state index in [-0.39, 0.29) is 24.0 Å². The molecule has 1 aromatic carbocycles. The molecular weight excluding hydrogens is 416 g/mol. The van der Waals surface area contributed by atoms with Gasteiger partial charge >= 0.3 is 0 Å². The number of hydrogen-bond donors (Lipinski definition) is 5. The van der Waals surface area contributed by atoms with Crippen molar-refractivity contribution in [1.29, 1.82) is 5.26 Å². The third kappa shape index (κ3) is 4.75. The van der Waals surface area contributed by atoms with Crippen molar-refractivity contribution in [3.63, 3.8) is 0 Å². The van der Waals surface area contributed by atoms with Gasteiger partial charge in [-0.15, -0.1) is 0 Å². The van der Waals surface area contributed by atoms with E-state index in [1.54, 1.807) is 6.07 Å². The fourth-order valence-electron chi connectivity index (χ4n) is 4.00. The lowest BCUT2D eigenvalue weighted by Crippen LogP contribution is -2.43. The Hall–Kier alpha value is -2.84. The number of aliphatic hydroxyl groups excluding tert-OH is 1. The molecule has 9 nitrogen and oxygen atoms in total. The second kappa shape index (κ2) is 9.53. The van der Waals surface area contributed by atoms with E-state index in [1.807, 2.05) is 12.1 Å². The molecule has 5 N–H and O–H groups in total. The van der Waals surface area contributed by atoms with E-state index < -0.39 is 17.1 Å². The molecule has 1 fully saturated rings. The average Bonchev–Trinajstić information content (AvgIpc) is 3.29. The smallest absolute Gasteiger partial charge is 0.291 e. The lowest BCUT2D eigenvalue weighted by Gasteiger charge is -2.27. The van der Waals surface area contributed by atoms with Gasteiger partial charge in [0.1, 0.15) is 11.8 Å². The van der Waals surface area contributed by atoms with Gasteiger partial charge in [-0.2, -0.15) is 5.26 Å². The molecule has 1 amide bonds. The summed E-state index contributed by atoms with van der Waals surface area (Å²) in [5.41, 5.74) is 4.55. The summed E-state index contributed by atoms with van der Waals surface area (Å²) in [5.74, 6) is -0.360. The maximum Gasteiger partial charge on any atom is 0.291 e. The van der Waals surface area contributed by atoms with E-state index in [9.17, 15) is 14.1 Å². The zero-order valence-corrected chi connectivity index (χ0v) is 17.7. The first-order chi connectivity index (χ1) is 15.1. The van der Waals surface area contributed by atoms with E-state index in [4.69, 9.17) is 5.26 Å². The average molecular weight is 441 g/mol. The quantitative estimate of drug-likeness (QED) is 0.482. The minimum atomic E-state index is -1.25. The highest BCUT2D eigenvalue weighted by atomic mass is 32.2. The van der Waals surface area contributed by atoms with Crippen LogP contribution in [0.2, 0.25) is 0 Å². The van der Waals surface area contributed by atoms with E-state index in [1.165, 1.54) is 6.20 Å². The number of anilines is 1. The molecule has 162 valence electrons. The summed E-state index contributed by atoms with van der Waals surface area (Å²) in [7, 11) is 0. The first-order valence-corrected chi connectivity index (χ1v) is 11.4. The van der Waals surface area contributed by atoms with Crippen molar-refractivity contribution in [2.75, 3.05) is 18.4 Å². The normalized spacial score (nSPS) is 21.2. The number of carbonyl (C=O) groups excluding carboxylic acids is 1. The molecule has 1 saturated heterocycles. The Morgan fingerprint density at radius 3 is 2.77 bits per heavy atom. The fourth-order valence-corrected chi connectivity index (χ4v) is 4.81. The molecule has 0 radical (unpaired) electrons. The molecule has 0 saturated carbocycles. The SMILES string of the molecule is N#Cc1cnc(C(=O)Nc2cc(CO)c(C3CNS(=O)NC3)cc2C2=CCCCC2)[nH]1. The van der Waals surface area contributed by atoms with Gasteiger partial charge in [0.05, 0.1) is 12.8 Å². The summed E-state index contributed by atoms with van der Waals surface area (Å²) >= 11 is -1.25. The van der Waals surface area contributed by atoms with Crippen molar-refractivity contribution < 1.29 is 14.1 Å². The molecule has 1 aliphatic carbocycles. The zero-order valence-electron chi connectivity index (χ0n) is 16.9. The van der Waals surface area contributed by atoms with Gasteiger partial charge in [-0.3, -0.25) is 4.79 Å². The van der Waals surface area contributed by atoms with Gasteiger partial charge in [0.15, 0.2) is 17.0 Å². The zero-order chi connectivity index (χ0) is 21.8. The van der Waals surface area contributed by atoms with Crippen molar-refractivity contribution in [1.82, 2.24) is 19.4 Å². The molecule has 31 heavy (non-hydrogen) atoms. The Kier molecular flexibility index (Phi) is 6.58. The van der Waals surface area contributed by atoms with Crippen molar-refractivity contribution in [2.24, 2.45) is 0 Å². The van der Waals surface area contributed by atoms with Crippen LogP contribution in [0.4, 0.5) is 5.69 Å². The number of H-pyrrole nitrogens is 1. The third-order valence-corrected chi connectivity index (χ3v) is 6.47. The van der Waals surface area contributed by atoms with Gasteiger partial charge in [-0.05, 0) is 54.5 Å². The standard InChI is InChI=1S/C21H24N6O3S/c22-8-16-11-23-20(26-16)21(29)27-19-6-14(12-28)17(15-9-24-31(30)25-10-15)7-18(19)13-4-2-1-3-5-13/h4,6-7,11,15,24-25,28H,1-3,5,9-10,12H2,(H,23,26)(H,27,29). The first-order valence-electron chi connectivity index (χ1n) is 10.2. The molecule has 1 aromatic heterocycles. The van der Waals surface area contributed by atoms with Crippen LogP contribution in [0.15, 0.2) is 24.4 Å². The maximum absolute atomic E-state index is 12.8. The van der Waals surface area contributed by atoms with Crippen LogP contribution < -0.4 is 14.8 Å². The van der Waals surface area contributed by atoms with Crippen LogP contribution in [0.1, 0.15) is 64.6 Å². The summed E-state index contributed by atoms with van der Waals surface area (Å²) in [5, 5.41) is 21.9. The van der Waals surface area contributed by atoms with Gasteiger partial charge < -0.3 is 15.4 Å². The van der Waals surface area contributed by atoms with E-state index in [0.29, 0.717) is 24.3 Å². The van der Waals surface area contributed by atoms with Crippen molar-refractivity contribution >= 4 is 28.3 Å². The number of nitrogens with zero attached hydrogens (tertiary/aromatic N) is 2. The number of aromatic nitrogens is 2. The van der Waals surface area contributed by atoms with Crippen LogP contribution in [0.5, 0.6) is 0 Å². The Bertz CT molecular complexity index is 1080. The summed E-state index contributed by atoms with van der Waals surface area (Å²) in [6, 6.07) is 5.76. The predicted molar refractivity (Wildman–Crippen MR) is 117 cm³/mol. The summed E-state index contributed by atoms with van der Waals surface area (Å²) in [6.45, 7) is 0.872. The van der Waals surface area contributed by atoms with Gasteiger partial charge in [0.25, 0.3) is 5.91 Å². The highest BCUT2D eigenvalue weighted by molar-refractivity contribution is 7.81. The van der Waals surface area contributed by atoms with Gasteiger partial charge in [-0.1, -0.05) is 6.08 Å². The summed E-state index contributed by atoms with van der Waals surface area (Å²) in [6.07, 6.45) is 7.61. The molecule has 2 heterocycles. The van der Waals surface area contributed by atoms with Gasteiger partial charge in [0, 0.05) is 30.3 Å². The second-order valence-electron chi connectivity index (χ2n) is 7.60. The summed E-state index contributed by atoms with van der Waals surface area (Å²) in [4.78, 5) is 19.4. The maximum atomic E-state index is 12.8. The van der Waals surface area contributed by atoms with Crippen LogP contribution in [-0.2, 0) is 17.8 Å². The number of hydrogen-bond acceptors (Lipinski definition) is 5. The topological polar surface area (TPSA) is 143 Å². The van der Waals surface area contributed by atoms with Crippen molar-refractivity contribution in [2.45, 2.75) is 38.2 Å². The Balaban J connectivity index is 1.72. The van der Waals surface area contributed by atoms with Crippen LogP contribution in [0.3, 0.4) is 0 Å². The van der Waals surface area contributed by atoms with Crippen molar-refractivity contribution in [3.05, 3.63) is 52.6 Å². The fraction of sp³-hybridized carbons (Fsp3) is 0.381. The number of imidazole rings is 1. The number of aromatic amines is 1. The number of benzene rings is 1. The van der Waals surface area contributed by atoms with Crippen LogP contribution in [-0.4, -0.2) is 38.3 Å². The second-order valence-corrected chi connectivity index (χ2v) is 8.72. The minimum absolute atomic E-state index is 0.0378. The third-order valence-electron chi connectivity index (χ3n) is 5.61. The summed E-state index contributed by atoms with van der Waals surface area (Å²) < 4.78 is 17.4. The predicted octanol–water partition coefficient (Wildman–Crippen LogP) is 1.84. The molecule has 0 unspecified atom stereocenters. The van der Waals surface area contributed by atoms with E-state index in [0.717, 1.165) is 42.4 Å². The van der Waals surface area contributed by atoms with Crippen molar-refractivity contribution in [3.8, 4) is 6.07 Å². The van der Waals surface area contributed by atoms with Gasteiger partial charge in [0.2, 0.25) is 0 Å². The van der Waals surface area contributed by atoms with Crippen LogP contribution in [0.25, 0.3) is 5.57 Å². The van der Waals surface area contributed by atoms with Crippen LogP contribution in [0, 0.1) is 11.3 Å². The lowest BCUT2D eigenvalue weighted by molar-refractivity contribution is 0.101. The molecule has 2 aromatic rings. The van der Waals surface area contributed by atoms with E-state index >= 15 is 0 Å². The number of nitriles is 1. The number of amides is 1. The highest BCUT2D eigenvalue weighted by Gasteiger charge is 2.24. The lowest BCUT2D eigenvalue weighted by atomic mass is 9.86. The van der Waals surface area contributed by atoms with Crippen LogP contribution >= 0.6 is 0 Å². The number of nitrogens with one attached hydrogen (secondary N) is 4. The van der Waals surface area contributed by atoms with Gasteiger partial charge in [-0.25, -0.2) is 18.6 Å². The molecule has 4 rings (SSSR count). The number of allylic oxidation sites excluding steroid dienone is 2. The minimum Gasteiger partial charge on any atom is -0.392 e. The molecule has 2 aliphatic rings. The molecule has 0 spiro atoms. The Labute approximate surface area is 182 Å². The molecule has 0 atom stereocenters. The molecule has 10 heteroatoms. The number of carbonyl (C=O) groups is 1. The monoisotopic (exact) mass is 440 g/mol. The molecule has 0 bridgehead atoms. The highest BCUT2D eigenvalue weighted by Crippen LogP contribution is 2.36.